The number of nitrogens with two attached hydrogens (primary N) is 1. The standard InChI is InChI=1S/C9H7N3O4/c10-4-2-1-3-12-6(4)5(8(13)14)11-7(12)9(15)16/h1-3H,10H2,(H,13,14)(H,15,16). The minimum absolute atomic E-state index is 0.0902. The number of hydrogen-bond donors (Lipinski definition) is 3. The van der Waals surface area contributed by atoms with E-state index in [1.54, 1.807) is 0 Å². The number of carboxylic acid groups (broad SMARTS) is 2. The Morgan fingerprint density at radius 1 is 1.31 bits per heavy atom. The lowest BCUT2D eigenvalue weighted by molar-refractivity contribution is 0.0682. The first-order chi connectivity index (χ1) is 7.52. The Kier molecular flexibility index (Phi) is 2.01. The monoisotopic (exact) mass is 221 g/mol. The second-order valence-electron chi connectivity index (χ2n) is 3.08. The van der Waals surface area contributed by atoms with E-state index in [2.05, 4.69) is 4.98 Å². The summed E-state index contributed by atoms with van der Waals surface area (Å²) in [6.07, 6.45) is 1.40. The van der Waals surface area contributed by atoms with Crippen molar-refractivity contribution >= 4 is 23.1 Å². The first-order valence-corrected chi connectivity index (χ1v) is 4.25. The number of hydrogen-bond acceptors (Lipinski definition) is 4. The normalized spacial score (nSPS) is 10.5. The summed E-state index contributed by atoms with van der Waals surface area (Å²) < 4.78 is 1.14. The number of aromatic carboxylic acids is 2. The number of pyridine rings is 1. The molecule has 0 fully saturated rings. The van der Waals surface area contributed by atoms with Gasteiger partial charge in [0.05, 0.1) is 5.69 Å². The quantitative estimate of drug-likeness (QED) is 0.671. The molecule has 0 atom stereocenters. The van der Waals surface area contributed by atoms with Crippen LogP contribution in [-0.2, 0) is 0 Å². The van der Waals surface area contributed by atoms with Gasteiger partial charge in [-0.15, -0.1) is 0 Å². The van der Waals surface area contributed by atoms with Gasteiger partial charge < -0.3 is 15.9 Å². The van der Waals surface area contributed by atoms with Crippen molar-refractivity contribution in [2.45, 2.75) is 0 Å². The van der Waals surface area contributed by atoms with Gasteiger partial charge >= 0.3 is 11.9 Å². The van der Waals surface area contributed by atoms with Crippen LogP contribution in [0.2, 0.25) is 0 Å². The third kappa shape index (κ3) is 1.26. The second kappa shape index (κ2) is 3.23. The molecular weight excluding hydrogens is 214 g/mol. The molecule has 2 heterocycles. The molecule has 0 aliphatic rings. The number of rotatable bonds is 2. The molecule has 0 aromatic carbocycles. The van der Waals surface area contributed by atoms with Gasteiger partial charge in [-0.05, 0) is 12.1 Å². The number of nitrogen functional groups attached to an aromatic ring is 1. The van der Waals surface area contributed by atoms with Crippen molar-refractivity contribution in [2.75, 3.05) is 5.73 Å². The topological polar surface area (TPSA) is 118 Å². The Hall–Kier alpha value is -2.57. The number of nitrogens with zero attached hydrogens (tertiary/aromatic N) is 2. The van der Waals surface area contributed by atoms with Crippen molar-refractivity contribution in [3.8, 4) is 0 Å². The third-order valence-corrected chi connectivity index (χ3v) is 2.09. The van der Waals surface area contributed by atoms with E-state index in [0.717, 1.165) is 4.40 Å². The summed E-state index contributed by atoms with van der Waals surface area (Å²) in [5.41, 5.74) is 5.48. The van der Waals surface area contributed by atoms with E-state index in [0.29, 0.717) is 0 Å². The molecular formula is C9H7N3O4. The predicted molar refractivity (Wildman–Crippen MR) is 53.5 cm³/mol. The molecule has 0 amide bonds. The van der Waals surface area contributed by atoms with Gasteiger partial charge in [0, 0.05) is 6.20 Å². The molecule has 2 rings (SSSR count). The average Bonchev–Trinajstić information content (AvgIpc) is 2.58. The molecule has 4 N–H and O–H groups in total. The average molecular weight is 221 g/mol. The Morgan fingerprint density at radius 2 is 2.00 bits per heavy atom. The second-order valence-corrected chi connectivity index (χ2v) is 3.08. The van der Waals surface area contributed by atoms with E-state index in [1.165, 1.54) is 18.3 Å². The Bertz CT molecular complexity index is 602. The lowest BCUT2D eigenvalue weighted by atomic mass is 10.3. The minimum Gasteiger partial charge on any atom is -0.476 e. The van der Waals surface area contributed by atoms with Crippen LogP contribution in [0.1, 0.15) is 21.1 Å². The van der Waals surface area contributed by atoms with Crippen molar-refractivity contribution in [3.63, 3.8) is 0 Å². The zero-order chi connectivity index (χ0) is 11.9. The molecule has 0 bridgehead atoms. The van der Waals surface area contributed by atoms with E-state index in [-0.39, 0.29) is 22.7 Å². The van der Waals surface area contributed by atoms with Crippen LogP contribution < -0.4 is 5.73 Å². The van der Waals surface area contributed by atoms with Crippen LogP contribution in [0.5, 0.6) is 0 Å². The van der Waals surface area contributed by atoms with Crippen LogP contribution in [0.4, 0.5) is 5.69 Å². The molecule has 0 aliphatic carbocycles. The molecule has 2 aromatic heterocycles. The molecule has 16 heavy (non-hydrogen) atoms. The maximum Gasteiger partial charge on any atom is 0.372 e. The molecule has 2 aromatic rings. The Balaban J connectivity index is 2.93. The van der Waals surface area contributed by atoms with Crippen molar-refractivity contribution in [2.24, 2.45) is 0 Å². The van der Waals surface area contributed by atoms with Gasteiger partial charge in [0.2, 0.25) is 5.82 Å². The summed E-state index contributed by atoms with van der Waals surface area (Å²) in [4.78, 5) is 25.3. The van der Waals surface area contributed by atoms with E-state index >= 15 is 0 Å². The van der Waals surface area contributed by atoms with Gasteiger partial charge in [0.25, 0.3) is 0 Å². The molecule has 0 radical (unpaired) electrons. The predicted octanol–water partition coefficient (Wildman–Crippen LogP) is 0.313. The van der Waals surface area contributed by atoms with Gasteiger partial charge in [-0.1, -0.05) is 0 Å². The number of anilines is 1. The van der Waals surface area contributed by atoms with Crippen LogP contribution in [0.15, 0.2) is 18.3 Å². The van der Waals surface area contributed by atoms with E-state index < -0.39 is 11.9 Å². The molecule has 0 saturated heterocycles. The number of aromatic nitrogens is 2. The highest BCUT2D eigenvalue weighted by Gasteiger charge is 2.21. The fraction of sp³-hybridized carbons (Fsp3) is 0. The molecule has 0 saturated carbocycles. The zero-order valence-electron chi connectivity index (χ0n) is 7.91. The van der Waals surface area contributed by atoms with Crippen molar-refractivity contribution in [1.82, 2.24) is 9.38 Å². The molecule has 82 valence electrons. The smallest absolute Gasteiger partial charge is 0.372 e. The van der Waals surface area contributed by atoms with Crippen molar-refractivity contribution < 1.29 is 19.8 Å². The van der Waals surface area contributed by atoms with Crippen LogP contribution in [0, 0.1) is 0 Å². The molecule has 0 spiro atoms. The molecule has 7 heteroatoms. The summed E-state index contributed by atoms with van der Waals surface area (Å²) in [7, 11) is 0. The summed E-state index contributed by atoms with van der Waals surface area (Å²) >= 11 is 0. The Labute approximate surface area is 88.8 Å². The van der Waals surface area contributed by atoms with E-state index in [1.807, 2.05) is 0 Å². The summed E-state index contributed by atoms with van der Waals surface area (Å²) in [6.45, 7) is 0. The van der Waals surface area contributed by atoms with Gasteiger partial charge in [-0.2, -0.15) is 0 Å². The lowest BCUT2D eigenvalue weighted by Gasteiger charge is -1.99. The SMILES string of the molecule is Nc1cccn2c(C(=O)O)nc(C(=O)O)c12. The van der Waals surface area contributed by atoms with Crippen LogP contribution >= 0.6 is 0 Å². The fourth-order valence-corrected chi connectivity index (χ4v) is 1.47. The fourth-order valence-electron chi connectivity index (χ4n) is 1.47. The van der Waals surface area contributed by atoms with Crippen molar-refractivity contribution in [3.05, 3.63) is 29.8 Å². The summed E-state index contributed by atoms with van der Waals surface area (Å²) in [5, 5.41) is 17.7. The van der Waals surface area contributed by atoms with E-state index in [4.69, 9.17) is 15.9 Å². The highest BCUT2D eigenvalue weighted by Crippen LogP contribution is 2.19. The number of imidazole rings is 1. The highest BCUT2D eigenvalue weighted by atomic mass is 16.4. The van der Waals surface area contributed by atoms with Gasteiger partial charge in [0.1, 0.15) is 5.52 Å². The van der Waals surface area contributed by atoms with Crippen LogP contribution in [0.3, 0.4) is 0 Å². The highest BCUT2D eigenvalue weighted by molar-refractivity contribution is 6.00. The van der Waals surface area contributed by atoms with Gasteiger partial charge in [-0.25, -0.2) is 14.6 Å². The third-order valence-electron chi connectivity index (χ3n) is 2.09. The first-order valence-electron chi connectivity index (χ1n) is 4.25. The van der Waals surface area contributed by atoms with Gasteiger partial charge in [0.15, 0.2) is 5.69 Å². The molecule has 0 aliphatic heterocycles. The van der Waals surface area contributed by atoms with Crippen molar-refractivity contribution in [1.29, 1.82) is 0 Å². The number of carbonyl (C=O) groups is 2. The summed E-state index contributed by atoms with van der Waals surface area (Å²) in [5.74, 6) is -3.00. The maximum atomic E-state index is 10.9. The molecule has 7 nitrogen and oxygen atoms in total. The molecule has 0 unspecified atom stereocenters. The minimum atomic E-state index is -1.32. The Morgan fingerprint density at radius 3 is 2.56 bits per heavy atom. The van der Waals surface area contributed by atoms with Crippen LogP contribution in [0.25, 0.3) is 5.52 Å². The summed E-state index contributed by atoms with van der Waals surface area (Å²) in [6, 6.07) is 3.00. The lowest BCUT2D eigenvalue weighted by Crippen LogP contribution is -2.03. The maximum absolute atomic E-state index is 10.9. The first kappa shape index (κ1) is 9.97. The van der Waals surface area contributed by atoms with Crippen LogP contribution in [-0.4, -0.2) is 31.5 Å². The zero-order valence-corrected chi connectivity index (χ0v) is 7.91. The van der Waals surface area contributed by atoms with E-state index in [9.17, 15) is 9.59 Å². The largest absolute Gasteiger partial charge is 0.476 e. The number of fused-ring (bicyclic) bond motifs is 1. The number of carboxylic acids is 2. The van der Waals surface area contributed by atoms with Gasteiger partial charge in [-0.3, -0.25) is 4.40 Å².